The third kappa shape index (κ3) is 3.53. The summed E-state index contributed by atoms with van der Waals surface area (Å²) < 4.78 is 4.05. The number of nitrogens with two attached hydrogens (primary N) is 1. The number of piperidine rings is 1. The molecule has 2 fully saturated rings. The van der Waals surface area contributed by atoms with Crippen LogP contribution in [-0.4, -0.2) is 48.3 Å². The van der Waals surface area contributed by atoms with Gasteiger partial charge in [0.05, 0.1) is 5.52 Å². The van der Waals surface area contributed by atoms with Crippen molar-refractivity contribution < 1.29 is 4.79 Å². The van der Waals surface area contributed by atoms with Crippen molar-refractivity contribution in [1.29, 1.82) is 0 Å². The van der Waals surface area contributed by atoms with Crippen LogP contribution in [0.1, 0.15) is 50.6 Å². The van der Waals surface area contributed by atoms with Crippen molar-refractivity contribution in [1.82, 2.24) is 29.3 Å². The Morgan fingerprint density at radius 3 is 2.70 bits per heavy atom. The maximum atomic E-state index is 11.8. The molecule has 0 spiro atoms. The van der Waals surface area contributed by atoms with Crippen molar-refractivity contribution in [3.8, 4) is 11.1 Å². The van der Waals surface area contributed by atoms with Crippen LogP contribution >= 0.6 is 0 Å². The second-order valence-corrected chi connectivity index (χ2v) is 9.59. The number of amides is 1. The first kappa shape index (κ1) is 20.2. The number of fused-ring (bicyclic) bond motifs is 2. The van der Waals surface area contributed by atoms with E-state index in [1.807, 2.05) is 9.42 Å². The zero-order valence-electron chi connectivity index (χ0n) is 18.9. The van der Waals surface area contributed by atoms with E-state index in [1.165, 1.54) is 25.6 Å². The van der Waals surface area contributed by atoms with Gasteiger partial charge in [0.2, 0.25) is 5.91 Å². The van der Waals surface area contributed by atoms with E-state index < -0.39 is 0 Å². The first-order valence-corrected chi connectivity index (χ1v) is 11.9. The number of nitrogens with zero attached hydrogens (tertiary/aromatic N) is 6. The lowest BCUT2D eigenvalue weighted by atomic mass is 9.85. The summed E-state index contributed by atoms with van der Waals surface area (Å²) in [6.07, 6.45) is 9.47. The number of rotatable bonds is 4. The normalized spacial score (nSPS) is 17.7. The summed E-state index contributed by atoms with van der Waals surface area (Å²) in [6.45, 7) is 4.19. The minimum atomic E-state index is 0.144. The number of hydrogen-bond acceptors (Lipinski definition) is 5. The lowest BCUT2D eigenvalue weighted by Gasteiger charge is -2.31. The summed E-state index contributed by atoms with van der Waals surface area (Å²) >= 11 is 0. The number of likely N-dealkylation sites (tertiary alicyclic amines) is 1. The number of carbonyl (C=O) groups is 1. The van der Waals surface area contributed by atoms with Crippen LogP contribution in [-0.2, 0) is 11.3 Å². The number of hydrogen-bond donors (Lipinski definition) is 1. The Hall–Kier alpha value is -3.42. The second-order valence-electron chi connectivity index (χ2n) is 9.59. The van der Waals surface area contributed by atoms with Gasteiger partial charge in [0.15, 0.2) is 5.82 Å². The quantitative estimate of drug-likeness (QED) is 0.517. The molecule has 6 rings (SSSR count). The van der Waals surface area contributed by atoms with E-state index in [1.54, 1.807) is 6.92 Å². The van der Waals surface area contributed by atoms with Crippen molar-refractivity contribution in [2.24, 2.45) is 5.92 Å². The van der Waals surface area contributed by atoms with E-state index in [2.05, 4.69) is 45.2 Å². The summed E-state index contributed by atoms with van der Waals surface area (Å²) in [5.74, 6) is 1.71. The molecule has 0 bridgehead atoms. The van der Waals surface area contributed by atoms with Crippen LogP contribution in [0.4, 0.5) is 5.82 Å². The Bertz CT molecular complexity index is 1340. The van der Waals surface area contributed by atoms with E-state index in [-0.39, 0.29) is 5.91 Å². The molecular weight excluding hydrogens is 414 g/mol. The molecule has 3 aromatic heterocycles. The Morgan fingerprint density at radius 1 is 1.15 bits per heavy atom. The van der Waals surface area contributed by atoms with E-state index in [9.17, 15) is 4.79 Å². The molecule has 170 valence electrons. The SMILES string of the molecule is CC(=O)N1CCC(c2cc(-c3ccc4cn(CC5CCC5)nc4c3)c3c(N)ncnn23)CC1. The lowest BCUT2D eigenvalue weighted by molar-refractivity contribution is -0.129. The standard InChI is InChI=1S/C25H29N7O/c1-16(33)30-9-7-18(8-10-30)23-12-21(24-25(26)27-15-28-32(23)24)19-5-6-20-14-31(29-22(20)11-19)13-17-3-2-4-17/h5-6,11-12,14-15,17-18H,2-4,7-10,13H2,1H3,(H2,26,27,28). The molecule has 1 amide bonds. The summed E-state index contributed by atoms with van der Waals surface area (Å²) in [6, 6.07) is 8.64. The second kappa shape index (κ2) is 7.86. The zero-order chi connectivity index (χ0) is 22.5. The highest BCUT2D eigenvalue weighted by Crippen LogP contribution is 2.37. The number of carbonyl (C=O) groups excluding carboxylic acids is 1. The van der Waals surface area contributed by atoms with Crippen molar-refractivity contribution >= 4 is 28.1 Å². The molecule has 1 saturated carbocycles. The molecule has 1 aromatic carbocycles. The first-order chi connectivity index (χ1) is 16.1. The molecule has 4 heterocycles. The third-order valence-corrected chi connectivity index (χ3v) is 7.50. The van der Waals surface area contributed by atoms with Crippen LogP contribution in [0.5, 0.6) is 0 Å². The minimum absolute atomic E-state index is 0.144. The molecular formula is C25H29N7O. The average molecular weight is 444 g/mol. The highest BCUT2D eigenvalue weighted by atomic mass is 16.2. The monoisotopic (exact) mass is 443 g/mol. The predicted molar refractivity (Wildman–Crippen MR) is 128 cm³/mol. The van der Waals surface area contributed by atoms with Gasteiger partial charge in [-0.2, -0.15) is 10.2 Å². The summed E-state index contributed by atoms with van der Waals surface area (Å²) in [5.41, 5.74) is 11.4. The molecule has 1 aliphatic carbocycles. The average Bonchev–Trinajstić information content (AvgIpc) is 3.38. The van der Waals surface area contributed by atoms with Crippen LogP contribution in [0.3, 0.4) is 0 Å². The molecule has 8 nitrogen and oxygen atoms in total. The topological polar surface area (TPSA) is 94.3 Å². The molecule has 1 aliphatic heterocycles. The molecule has 2 N–H and O–H groups in total. The van der Waals surface area contributed by atoms with Gasteiger partial charge >= 0.3 is 0 Å². The number of anilines is 1. The van der Waals surface area contributed by atoms with Crippen molar-refractivity contribution in [3.63, 3.8) is 0 Å². The predicted octanol–water partition coefficient (Wildman–Crippen LogP) is 3.85. The summed E-state index contributed by atoms with van der Waals surface area (Å²) in [7, 11) is 0. The van der Waals surface area contributed by atoms with E-state index in [4.69, 9.17) is 10.8 Å². The Balaban J connectivity index is 1.38. The molecule has 8 heteroatoms. The molecule has 4 aromatic rings. The maximum Gasteiger partial charge on any atom is 0.219 e. The third-order valence-electron chi connectivity index (χ3n) is 7.50. The number of aromatic nitrogens is 5. The van der Waals surface area contributed by atoms with E-state index in [0.717, 1.165) is 71.6 Å². The van der Waals surface area contributed by atoms with E-state index >= 15 is 0 Å². The van der Waals surface area contributed by atoms with Crippen molar-refractivity contribution in [2.75, 3.05) is 18.8 Å². The van der Waals surface area contributed by atoms with Gasteiger partial charge in [0, 0.05) is 55.3 Å². The van der Waals surface area contributed by atoms with Gasteiger partial charge in [-0.1, -0.05) is 18.6 Å². The van der Waals surface area contributed by atoms with Crippen molar-refractivity contribution in [2.45, 2.75) is 51.5 Å². The zero-order valence-corrected chi connectivity index (χ0v) is 18.9. The van der Waals surface area contributed by atoms with Crippen LogP contribution in [0.25, 0.3) is 27.5 Å². The first-order valence-electron chi connectivity index (χ1n) is 11.9. The van der Waals surface area contributed by atoms with Gasteiger partial charge in [-0.25, -0.2) is 9.50 Å². The fourth-order valence-corrected chi connectivity index (χ4v) is 5.36. The fourth-order valence-electron chi connectivity index (χ4n) is 5.36. The maximum absolute atomic E-state index is 11.8. The lowest BCUT2D eigenvalue weighted by Crippen LogP contribution is -2.36. The molecule has 0 unspecified atom stereocenters. The fraction of sp³-hybridized carbons (Fsp3) is 0.440. The van der Waals surface area contributed by atoms with Gasteiger partial charge in [-0.15, -0.1) is 0 Å². The van der Waals surface area contributed by atoms with Gasteiger partial charge in [-0.3, -0.25) is 9.48 Å². The highest BCUT2D eigenvalue weighted by molar-refractivity contribution is 5.92. The van der Waals surface area contributed by atoms with E-state index in [0.29, 0.717) is 11.7 Å². The summed E-state index contributed by atoms with van der Waals surface area (Å²) in [4.78, 5) is 17.9. The Labute approximate surface area is 192 Å². The van der Waals surface area contributed by atoms with Gasteiger partial charge < -0.3 is 10.6 Å². The van der Waals surface area contributed by atoms with Gasteiger partial charge in [0.1, 0.15) is 11.8 Å². The van der Waals surface area contributed by atoms with Crippen molar-refractivity contribution in [3.05, 3.63) is 42.5 Å². The molecule has 0 atom stereocenters. The Kier molecular flexibility index (Phi) is 4.81. The Morgan fingerprint density at radius 2 is 1.97 bits per heavy atom. The summed E-state index contributed by atoms with van der Waals surface area (Å²) in [5, 5.41) is 10.6. The minimum Gasteiger partial charge on any atom is -0.382 e. The molecule has 0 radical (unpaired) electrons. The molecule has 33 heavy (non-hydrogen) atoms. The number of nitrogen functional groups attached to an aromatic ring is 1. The smallest absolute Gasteiger partial charge is 0.219 e. The van der Waals surface area contributed by atoms with Gasteiger partial charge in [-0.05, 0) is 49.3 Å². The van der Waals surface area contributed by atoms with Gasteiger partial charge in [0.25, 0.3) is 0 Å². The molecule has 2 aliphatic rings. The van der Waals surface area contributed by atoms with Crippen LogP contribution in [0.15, 0.2) is 36.8 Å². The number of benzene rings is 1. The van der Waals surface area contributed by atoms with Crippen LogP contribution in [0, 0.1) is 5.92 Å². The van der Waals surface area contributed by atoms with Crippen LogP contribution < -0.4 is 5.73 Å². The van der Waals surface area contributed by atoms with Crippen LogP contribution in [0.2, 0.25) is 0 Å². The highest BCUT2D eigenvalue weighted by Gasteiger charge is 2.27. The molecule has 1 saturated heterocycles. The largest absolute Gasteiger partial charge is 0.382 e.